The summed E-state index contributed by atoms with van der Waals surface area (Å²) in [6, 6.07) is 19.1. The van der Waals surface area contributed by atoms with Crippen LogP contribution in [0.4, 0.5) is 10.8 Å². The number of carbonyl (C=O) groups excluding carboxylic acids is 1. The second-order valence-corrected chi connectivity index (χ2v) is 7.96. The van der Waals surface area contributed by atoms with Gasteiger partial charge in [0.05, 0.1) is 4.92 Å². The average Bonchev–Trinajstić information content (AvgIpc) is 3.47. The Labute approximate surface area is 192 Å². The minimum absolute atomic E-state index is 0.0258. The normalized spacial score (nSPS) is 11.1. The molecular formula is C23H16N6O3S. The Bertz CT molecular complexity index is 1410. The molecule has 0 saturated carbocycles. The molecule has 0 unspecified atom stereocenters. The molecule has 162 valence electrons. The lowest BCUT2D eigenvalue weighted by Crippen LogP contribution is -2.13. The van der Waals surface area contributed by atoms with Gasteiger partial charge in [-0.2, -0.15) is 5.26 Å². The predicted molar refractivity (Wildman–Crippen MR) is 125 cm³/mol. The van der Waals surface area contributed by atoms with Crippen molar-refractivity contribution in [1.82, 2.24) is 14.8 Å². The molecule has 0 fully saturated rings. The van der Waals surface area contributed by atoms with E-state index in [1.807, 2.05) is 37.3 Å². The fourth-order valence-corrected chi connectivity index (χ4v) is 3.85. The van der Waals surface area contributed by atoms with Gasteiger partial charge in [-0.15, -0.1) is 10.2 Å². The molecule has 4 aromatic rings. The van der Waals surface area contributed by atoms with Crippen LogP contribution in [0.5, 0.6) is 0 Å². The lowest BCUT2D eigenvalue weighted by atomic mass is 10.1. The SMILES string of the molecule is Cc1cccc(-c2nnc(NC(=O)C(C#N)=Cc3cccn3-c3ccc([N+](=O)[O-])cc3)s2)c1. The minimum atomic E-state index is -0.610. The lowest BCUT2D eigenvalue weighted by Gasteiger charge is -2.07. The Kier molecular flexibility index (Phi) is 6.06. The molecule has 0 atom stereocenters. The van der Waals surface area contributed by atoms with E-state index in [0.29, 0.717) is 16.4 Å². The zero-order chi connectivity index (χ0) is 23.4. The Morgan fingerprint density at radius 2 is 1.97 bits per heavy atom. The number of rotatable bonds is 6. The third-order valence-electron chi connectivity index (χ3n) is 4.69. The number of benzene rings is 2. The summed E-state index contributed by atoms with van der Waals surface area (Å²) in [6.45, 7) is 1.98. The van der Waals surface area contributed by atoms with Crippen molar-refractivity contribution in [3.8, 4) is 22.3 Å². The Morgan fingerprint density at radius 1 is 1.18 bits per heavy atom. The largest absolute Gasteiger partial charge is 0.317 e. The number of nitrogens with zero attached hydrogens (tertiary/aromatic N) is 5. The number of carbonyl (C=O) groups is 1. The van der Waals surface area contributed by atoms with E-state index in [1.165, 1.54) is 29.5 Å². The van der Waals surface area contributed by atoms with E-state index >= 15 is 0 Å². The number of nitro groups is 1. The van der Waals surface area contributed by atoms with Gasteiger partial charge in [-0.3, -0.25) is 20.2 Å². The molecule has 4 rings (SSSR count). The average molecular weight is 456 g/mol. The summed E-state index contributed by atoms with van der Waals surface area (Å²) in [5.41, 5.74) is 3.05. The highest BCUT2D eigenvalue weighted by Gasteiger charge is 2.15. The van der Waals surface area contributed by atoms with Gasteiger partial charge in [0.15, 0.2) is 0 Å². The van der Waals surface area contributed by atoms with E-state index in [2.05, 4.69) is 15.5 Å². The summed E-state index contributed by atoms with van der Waals surface area (Å²) < 4.78 is 1.72. The van der Waals surface area contributed by atoms with Gasteiger partial charge in [0.2, 0.25) is 5.13 Å². The highest BCUT2D eigenvalue weighted by Crippen LogP contribution is 2.27. The van der Waals surface area contributed by atoms with Crippen LogP contribution in [0.25, 0.3) is 22.3 Å². The zero-order valence-corrected chi connectivity index (χ0v) is 18.1. The summed E-state index contributed by atoms with van der Waals surface area (Å²) in [4.78, 5) is 23.1. The number of hydrogen-bond acceptors (Lipinski definition) is 7. The van der Waals surface area contributed by atoms with Gasteiger partial charge >= 0.3 is 0 Å². The Hall–Kier alpha value is -4.62. The van der Waals surface area contributed by atoms with Gasteiger partial charge < -0.3 is 4.57 Å². The van der Waals surface area contributed by atoms with Gasteiger partial charge in [-0.1, -0.05) is 35.1 Å². The van der Waals surface area contributed by atoms with Gasteiger partial charge in [-0.05, 0) is 43.3 Å². The van der Waals surface area contributed by atoms with Crippen LogP contribution in [0.3, 0.4) is 0 Å². The molecule has 0 aliphatic carbocycles. The highest BCUT2D eigenvalue weighted by molar-refractivity contribution is 7.18. The van der Waals surface area contributed by atoms with Crippen molar-refractivity contribution in [1.29, 1.82) is 5.26 Å². The van der Waals surface area contributed by atoms with E-state index in [-0.39, 0.29) is 16.4 Å². The fraction of sp³-hybridized carbons (Fsp3) is 0.0435. The van der Waals surface area contributed by atoms with E-state index in [9.17, 15) is 20.2 Å². The Morgan fingerprint density at radius 3 is 2.67 bits per heavy atom. The molecule has 0 saturated heterocycles. The van der Waals surface area contributed by atoms with E-state index in [4.69, 9.17) is 0 Å². The van der Waals surface area contributed by atoms with Crippen molar-refractivity contribution >= 4 is 34.1 Å². The lowest BCUT2D eigenvalue weighted by molar-refractivity contribution is -0.384. The molecule has 1 amide bonds. The molecule has 2 aromatic heterocycles. The molecule has 0 radical (unpaired) electrons. The van der Waals surface area contributed by atoms with Crippen LogP contribution in [0.15, 0.2) is 72.4 Å². The number of nitro benzene ring substituents is 1. The zero-order valence-electron chi connectivity index (χ0n) is 17.3. The molecule has 1 N–H and O–H groups in total. The summed E-state index contributed by atoms with van der Waals surface area (Å²) in [6.07, 6.45) is 3.18. The molecule has 2 heterocycles. The maximum atomic E-state index is 12.7. The van der Waals surface area contributed by atoms with Crippen molar-refractivity contribution in [2.24, 2.45) is 0 Å². The minimum Gasteiger partial charge on any atom is -0.317 e. The number of anilines is 1. The molecule has 0 aliphatic rings. The molecule has 10 heteroatoms. The van der Waals surface area contributed by atoms with Crippen LogP contribution in [0, 0.1) is 28.4 Å². The molecule has 0 spiro atoms. The number of hydrogen-bond donors (Lipinski definition) is 1. The van der Waals surface area contributed by atoms with E-state index < -0.39 is 10.8 Å². The van der Waals surface area contributed by atoms with E-state index in [1.54, 1.807) is 35.0 Å². The van der Waals surface area contributed by atoms with Crippen LogP contribution < -0.4 is 5.32 Å². The van der Waals surface area contributed by atoms with Crippen LogP contribution in [0.2, 0.25) is 0 Å². The van der Waals surface area contributed by atoms with Crippen LogP contribution >= 0.6 is 11.3 Å². The second kappa shape index (κ2) is 9.25. The van der Waals surface area contributed by atoms with Gasteiger partial charge in [0.25, 0.3) is 11.6 Å². The van der Waals surface area contributed by atoms with Crippen LogP contribution in [-0.2, 0) is 4.79 Å². The third kappa shape index (κ3) is 4.84. The standard InChI is InChI=1S/C23H16N6O3S/c1-15-4-2-5-16(12-15)22-26-27-23(33-22)25-21(30)17(14-24)13-20-6-3-11-28(20)18-7-9-19(10-8-18)29(31)32/h2-13H,1H3,(H,25,27,30). The first kappa shape index (κ1) is 21.6. The predicted octanol–water partition coefficient (Wildman–Crippen LogP) is 4.76. The summed E-state index contributed by atoms with van der Waals surface area (Å²) >= 11 is 1.21. The summed E-state index contributed by atoms with van der Waals surface area (Å²) in [5, 5.41) is 32.1. The number of amides is 1. The van der Waals surface area contributed by atoms with Crippen LogP contribution in [0.1, 0.15) is 11.3 Å². The first-order valence-electron chi connectivity index (χ1n) is 9.70. The first-order valence-corrected chi connectivity index (χ1v) is 10.5. The molecule has 0 bridgehead atoms. The fourth-order valence-electron chi connectivity index (χ4n) is 3.11. The van der Waals surface area contributed by atoms with Crippen molar-refractivity contribution in [3.05, 3.63) is 93.8 Å². The summed E-state index contributed by atoms with van der Waals surface area (Å²) in [5.74, 6) is -0.610. The summed E-state index contributed by atoms with van der Waals surface area (Å²) in [7, 11) is 0. The quantitative estimate of drug-likeness (QED) is 0.193. The van der Waals surface area contributed by atoms with Gasteiger partial charge in [0, 0.05) is 35.3 Å². The molecule has 9 nitrogen and oxygen atoms in total. The second-order valence-electron chi connectivity index (χ2n) is 6.98. The van der Waals surface area contributed by atoms with Crippen molar-refractivity contribution in [3.63, 3.8) is 0 Å². The van der Waals surface area contributed by atoms with Crippen molar-refractivity contribution in [2.45, 2.75) is 6.92 Å². The Balaban J connectivity index is 1.54. The molecule has 0 aliphatic heterocycles. The van der Waals surface area contributed by atoms with Crippen molar-refractivity contribution in [2.75, 3.05) is 5.32 Å². The van der Waals surface area contributed by atoms with Gasteiger partial charge in [-0.25, -0.2) is 0 Å². The maximum absolute atomic E-state index is 12.7. The topological polar surface area (TPSA) is 127 Å². The number of aryl methyl sites for hydroxylation is 1. The van der Waals surface area contributed by atoms with Crippen LogP contribution in [-0.4, -0.2) is 25.6 Å². The number of aromatic nitrogens is 3. The monoisotopic (exact) mass is 456 g/mol. The molecular weight excluding hydrogens is 440 g/mol. The molecule has 2 aromatic carbocycles. The van der Waals surface area contributed by atoms with Crippen molar-refractivity contribution < 1.29 is 9.72 Å². The molecule has 33 heavy (non-hydrogen) atoms. The number of nitrogens with one attached hydrogen (secondary N) is 1. The number of nitriles is 1. The van der Waals surface area contributed by atoms with Gasteiger partial charge in [0.1, 0.15) is 16.6 Å². The van der Waals surface area contributed by atoms with E-state index in [0.717, 1.165) is 11.1 Å². The highest BCUT2D eigenvalue weighted by atomic mass is 32.1. The maximum Gasteiger partial charge on any atom is 0.269 e. The number of non-ortho nitro benzene ring substituents is 1. The smallest absolute Gasteiger partial charge is 0.269 e. The third-order valence-corrected chi connectivity index (χ3v) is 5.57. The first-order chi connectivity index (χ1) is 15.9.